The summed E-state index contributed by atoms with van der Waals surface area (Å²) in [7, 11) is 3.14. The zero-order chi connectivity index (χ0) is 21.5. The summed E-state index contributed by atoms with van der Waals surface area (Å²) >= 11 is 6.24. The van der Waals surface area contributed by atoms with Crippen LogP contribution in [0.3, 0.4) is 0 Å². The fourth-order valence-electron chi connectivity index (χ4n) is 2.68. The van der Waals surface area contributed by atoms with Gasteiger partial charge in [-0.1, -0.05) is 17.7 Å². The molecule has 0 radical (unpaired) electrons. The third-order valence-corrected chi connectivity index (χ3v) is 4.51. The van der Waals surface area contributed by atoms with Crippen LogP contribution in [0.1, 0.15) is 12.5 Å². The van der Waals surface area contributed by atoms with E-state index >= 15 is 0 Å². The number of para-hydroxylation sites is 1. The van der Waals surface area contributed by atoms with Crippen LogP contribution in [0.15, 0.2) is 58.6 Å². The number of hydrazone groups is 1. The van der Waals surface area contributed by atoms with Gasteiger partial charge in [-0.2, -0.15) is 14.9 Å². The minimum Gasteiger partial charge on any atom is -0.497 e. The van der Waals surface area contributed by atoms with Crippen molar-refractivity contribution < 1.29 is 14.2 Å². The Morgan fingerprint density at radius 2 is 1.93 bits per heavy atom. The van der Waals surface area contributed by atoms with Gasteiger partial charge >= 0.3 is 0 Å². The summed E-state index contributed by atoms with van der Waals surface area (Å²) in [5.41, 5.74) is 3.83. The molecule has 1 N–H and O–H groups in total. The fraction of sp³-hybridized carbons (Fsp3) is 0.190. The Morgan fingerprint density at radius 1 is 1.17 bits per heavy atom. The van der Waals surface area contributed by atoms with Crippen molar-refractivity contribution in [3.8, 4) is 22.9 Å². The molecule has 0 saturated carbocycles. The predicted molar refractivity (Wildman–Crippen MR) is 117 cm³/mol. The molecule has 3 aromatic rings. The molecule has 0 atom stereocenters. The van der Waals surface area contributed by atoms with E-state index in [0.717, 1.165) is 0 Å². The Hall–Kier alpha value is -3.52. The number of halogens is 1. The van der Waals surface area contributed by atoms with Gasteiger partial charge < -0.3 is 14.2 Å². The summed E-state index contributed by atoms with van der Waals surface area (Å²) in [6.45, 7) is 2.36. The molecule has 9 heteroatoms. The van der Waals surface area contributed by atoms with Crippen molar-refractivity contribution in [1.29, 1.82) is 0 Å². The molecule has 30 heavy (non-hydrogen) atoms. The van der Waals surface area contributed by atoms with Gasteiger partial charge in [-0.15, -0.1) is 0 Å². The lowest BCUT2D eigenvalue weighted by molar-refractivity contribution is 0.310. The van der Waals surface area contributed by atoms with Crippen molar-refractivity contribution >= 4 is 23.5 Å². The van der Waals surface area contributed by atoms with Crippen LogP contribution in [0, 0.1) is 0 Å². The van der Waals surface area contributed by atoms with Crippen molar-refractivity contribution in [2.24, 2.45) is 5.10 Å². The Balaban J connectivity index is 1.83. The van der Waals surface area contributed by atoms with Gasteiger partial charge in [0.2, 0.25) is 0 Å². The first-order chi connectivity index (χ1) is 14.6. The number of nitrogens with one attached hydrogen (secondary N) is 1. The molecule has 0 fully saturated rings. The van der Waals surface area contributed by atoms with E-state index in [-0.39, 0.29) is 10.7 Å². The maximum absolute atomic E-state index is 12.6. The average Bonchev–Trinajstić information content (AvgIpc) is 2.78. The first-order valence-corrected chi connectivity index (χ1v) is 9.48. The summed E-state index contributed by atoms with van der Waals surface area (Å²) < 4.78 is 17.3. The van der Waals surface area contributed by atoms with Crippen LogP contribution >= 0.6 is 11.6 Å². The highest BCUT2D eigenvalue weighted by molar-refractivity contribution is 6.32. The number of anilines is 1. The second-order valence-corrected chi connectivity index (χ2v) is 6.35. The Kier molecular flexibility index (Phi) is 6.92. The molecule has 0 spiro atoms. The highest BCUT2D eigenvalue weighted by Gasteiger charge is 2.11. The topological polar surface area (TPSA) is 87.0 Å². The van der Waals surface area contributed by atoms with Crippen LogP contribution in [0.25, 0.3) is 5.69 Å². The first kappa shape index (κ1) is 21.2. The van der Waals surface area contributed by atoms with E-state index in [1.165, 1.54) is 10.9 Å². The molecule has 1 heterocycles. The van der Waals surface area contributed by atoms with E-state index < -0.39 is 5.56 Å². The van der Waals surface area contributed by atoms with Crippen molar-refractivity contribution in [2.75, 3.05) is 26.3 Å². The third kappa shape index (κ3) is 4.55. The quantitative estimate of drug-likeness (QED) is 0.434. The highest BCUT2D eigenvalue weighted by atomic mass is 35.5. The third-order valence-electron chi connectivity index (χ3n) is 4.14. The molecule has 0 aliphatic heterocycles. The molecule has 1 aromatic heterocycles. The zero-order valence-corrected chi connectivity index (χ0v) is 17.5. The summed E-state index contributed by atoms with van der Waals surface area (Å²) in [6.07, 6.45) is 2.99. The zero-order valence-electron chi connectivity index (χ0n) is 16.8. The van der Waals surface area contributed by atoms with Crippen LogP contribution < -0.4 is 25.2 Å². The van der Waals surface area contributed by atoms with Crippen LogP contribution in [-0.2, 0) is 0 Å². The Bertz CT molecular complexity index is 1100. The fourth-order valence-corrected chi connectivity index (χ4v) is 2.85. The van der Waals surface area contributed by atoms with E-state index in [1.807, 2.05) is 19.1 Å². The van der Waals surface area contributed by atoms with Crippen molar-refractivity contribution in [3.05, 3.63) is 69.6 Å². The van der Waals surface area contributed by atoms with E-state index in [0.29, 0.717) is 35.1 Å². The van der Waals surface area contributed by atoms with Crippen molar-refractivity contribution in [3.63, 3.8) is 0 Å². The van der Waals surface area contributed by atoms with Gasteiger partial charge in [0.15, 0.2) is 11.5 Å². The second-order valence-electron chi connectivity index (χ2n) is 5.97. The number of benzene rings is 2. The number of ether oxygens (including phenoxy) is 3. The average molecular weight is 429 g/mol. The van der Waals surface area contributed by atoms with Gasteiger partial charge in [0.1, 0.15) is 16.5 Å². The molecule has 0 saturated heterocycles. The lowest BCUT2D eigenvalue weighted by atomic mass is 10.2. The predicted octanol–water partition coefficient (Wildman–Crippen LogP) is 3.75. The van der Waals surface area contributed by atoms with Gasteiger partial charge in [-0.25, -0.2) is 0 Å². The van der Waals surface area contributed by atoms with E-state index in [1.54, 1.807) is 50.8 Å². The number of nitrogens with zero attached hydrogens (tertiary/aromatic N) is 3. The number of hydrogen-bond donors (Lipinski definition) is 1. The molecular weight excluding hydrogens is 408 g/mol. The Morgan fingerprint density at radius 3 is 2.60 bits per heavy atom. The van der Waals surface area contributed by atoms with Crippen LogP contribution in [0.4, 0.5) is 5.69 Å². The molecule has 0 amide bonds. The highest BCUT2D eigenvalue weighted by Crippen LogP contribution is 2.30. The number of hydrogen-bond acceptors (Lipinski definition) is 7. The molecule has 0 aliphatic rings. The van der Waals surface area contributed by atoms with E-state index in [9.17, 15) is 4.79 Å². The van der Waals surface area contributed by atoms with Crippen LogP contribution in [0.5, 0.6) is 17.2 Å². The number of rotatable bonds is 8. The minimum absolute atomic E-state index is 0.0337. The molecule has 0 aliphatic carbocycles. The largest absolute Gasteiger partial charge is 0.497 e. The molecule has 2 aromatic carbocycles. The van der Waals surface area contributed by atoms with Crippen LogP contribution in [-0.4, -0.2) is 36.8 Å². The Labute approximate surface area is 178 Å². The van der Waals surface area contributed by atoms with E-state index in [4.69, 9.17) is 25.8 Å². The number of aromatic nitrogens is 2. The lowest BCUT2D eigenvalue weighted by Crippen LogP contribution is -2.22. The molecule has 8 nitrogen and oxygen atoms in total. The monoisotopic (exact) mass is 428 g/mol. The number of methoxy groups -OCH3 is 2. The maximum Gasteiger partial charge on any atom is 0.292 e. The summed E-state index contributed by atoms with van der Waals surface area (Å²) in [5, 5.41) is 8.29. The van der Waals surface area contributed by atoms with Gasteiger partial charge in [-0.3, -0.25) is 10.2 Å². The van der Waals surface area contributed by atoms with Crippen LogP contribution in [0.2, 0.25) is 5.02 Å². The molecular formula is C21H21ClN4O4. The first-order valence-electron chi connectivity index (χ1n) is 9.10. The summed E-state index contributed by atoms with van der Waals surface area (Å²) in [4.78, 5) is 12.6. The summed E-state index contributed by atoms with van der Waals surface area (Å²) in [6, 6.07) is 12.4. The molecule has 0 unspecified atom stereocenters. The van der Waals surface area contributed by atoms with Gasteiger partial charge in [0, 0.05) is 5.56 Å². The molecule has 3 rings (SSSR count). The molecule has 0 bridgehead atoms. The van der Waals surface area contributed by atoms with Gasteiger partial charge in [-0.05, 0) is 43.3 Å². The SMILES string of the molecule is CCOc1c(/C=N\Nc2cnn(-c3ccc(OC)cc3)c(=O)c2Cl)cccc1OC. The minimum atomic E-state index is -0.474. The van der Waals surface area contributed by atoms with E-state index in [2.05, 4.69) is 15.6 Å². The standard InChI is InChI=1S/C21H21ClN4O4/c1-4-30-20-14(6-5-7-18(20)29-3)12-23-25-17-13-24-26(21(27)19(17)22)15-8-10-16(28-2)11-9-15/h5-13,25H,4H2,1-3H3/b23-12-. The smallest absolute Gasteiger partial charge is 0.292 e. The lowest BCUT2D eigenvalue weighted by Gasteiger charge is -2.11. The van der Waals surface area contributed by atoms with Gasteiger partial charge in [0.25, 0.3) is 5.56 Å². The molecule has 156 valence electrons. The summed E-state index contributed by atoms with van der Waals surface area (Å²) in [5.74, 6) is 1.85. The van der Waals surface area contributed by atoms with Crippen molar-refractivity contribution in [1.82, 2.24) is 9.78 Å². The second kappa shape index (κ2) is 9.80. The maximum atomic E-state index is 12.6. The normalized spacial score (nSPS) is 10.8. The van der Waals surface area contributed by atoms with Crippen molar-refractivity contribution in [2.45, 2.75) is 6.92 Å². The van der Waals surface area contributed by atoms with Gasteiger partial charge in [0.05, 0.1) is 38.9 Å².